The van der Waals surface area contributed by atoms with Crippen molar-refractivity contribution in [2.45, 2.75) is 6.92 Å². The quantitative estimate of drug-likeness (QED) is 0.556. The maximum Gasteiger partial charge on any atom is 0.255 e. The molecule has 0 fully saturated rings. The zero-order chi connectivity index (χ0) is 19.5. The lowest BCUT2D eigenvalue weighted by Crippen LogP contribution is -2.13. The number of hydrogen-bond donors (Lipinski definition) is 1. The third-order valence-electron chi connectivity index (χ3n) is 4.35. The maximum absolute atomic E-state index is 12.7. The second kappa shape index (κ2) is 7.62. The molecule has 28 heavy (non-hydrogen) atoms. The molecule has 0 unspecified atom stereocenters. The topological polar surface area (TPSA) is 72.7 Å². The summed E-state index contributed by atoms with van der Waals surface area (Å²) in [5.41, 5.74) is 5.02. The first-order valence-electron chi connectivity index (χ1n) is 8.61. The number of aromatic nitrogens is 4. The lowest BCUT2D eigenvalue weighted by molar-refractivity contribution is 0.102. The number of benzene rings is 3. The summed E-state index contributed by atoms with van der Waals surface area (Å²) < 4.78 is 1.50. The van der Waals surface area contributed by atoms with E-state index in [1.807, 2.05) is 55.5 Å². The largest absolute Gasteiger partial charge is 0.322 e. The first-order chi connectivity index (χ1) is 13.6. The van der Waals surface area contributed by atoms with Gasteiger partial charge in [-0.3, -0.25) is 4.79 Å². The van der Waals surface area contributed by atoms with Crippen molar-refractivity contribution in [2.24, 2.45) is 0 Å². The van der Waals surface area contributed by atoms with Crippen molar-refractivity contribution in [3.63, 3.8) is 0 Å². The van der Waals surface area contributed by atoms with Gasteiger partial charge in [0.15, 0.2) is 0 Å². The molecule has 3 aromatic carbocycles. The molecule has 1 N–H and O–H groups in total. The molecule has 1 aromatic heterocycles. The fraction of sp³-hybridized carbons (Fsp3) is 0.0476. The van der Waals surface area contributed by atoms with E-state index in [4.69, 9.17) is 11.6 Å². The molecular weight excluding hydrogens is 374 g/mol. The molecule has 138 valence electrons. The summed E-state index contributed by atoms with van der Waals surface area (Å²) in [4.78, 5) is 12.7. The fourth-order valence-electron chi connectivity index (χ4n) is 2.92. The van der Waals surface area contributed by atoms with Crippen LogP contribution in [0.25, 0.3) is 16.8 Å². The predicted octanol–water partition coefficient (Wildman–Crippen LogP) is 4.54. The molecule has 0 saturated heterocycles. The van der Waals surface area contributed by atoms with Crippen molar-refractivity contribution in [3.05, 3.63) is 89.2 Å². The molecule has 0 aliphatic heterocycles. The van der Waals surface area contributed by atoms with Gasteiger partial charge < -0.3 is 5.32 Å². The van der Waals surface area contributed by atoms with Crippen LogP contribution in [0.3, 0.4) is 0 Å². The Morgan fingerprint density at radius 3 is 2.57 bits per heavy atom. The molecule has 1 heterocycles. The van der Waals surface area contributed by atoms with Crippen LogP contribution in [-0.4, -0.2) is 26.1 Å². The van der Waals surface area contributed by atoms with Gasteiger partial charge in [-0.1, -0.05) is 35.9 Å². The third-order valence-corrected chi connectivity index (χ3v) is 4.59. The van der Waals surface area contributed by atoms with E-state index in [0.29, 0.717) is 16.3 Å². The number of nitrogens with zero attached hydrogens (tertiary/aromatic N) is 4. The second-order valence-corrected chi connectivity index (χ2v) is 6.74. The summed E-state index contributed by atoms with van der Waals surface area (Å²) in [5.74, 6) is -0.200. The lowest BCUT2D eigenvalue weighted by Gasteiger charge is -2.11. The van der Waals surface area contributed by atoms with Crippen LogP contribution in [0, 0.1) is 6.92 Å². The summed E-state index contributed by atoms with van der Waals surface area (Å²) >= 11 is 6.08. The van der Waals surface area contributed by atoms with Crippen molar-refractivity contribution in [3.8, 4) is 16.8 Å². The van der Waals surface area contributed by atoms with E-state index in [1.165, 1.54) is 11.0 Å². The first kappa shape index (κ1) is 17.9. The highest BCUT2D eigenvalue weighted by molar-refractivity contribution is 6.30. The highest BCUT2D eigenvalue weighted by atomic mass is 35.5. The fourth-order valence-corrected chi connectivity index (χ4v) is 3.11. The zero-order valence-electron chi connectivity index (χ0n) is 15.0. The van der Waals surface area contributed by atoms with Crippen LogP contribution in [0.2, 0.25) is 5.02 Å². The molecule has 0 bridgehead atoms. The standard InChI is InChI=1S/C21H16ClN5O/c1-14-10-16(15-4-2-6-18(22)11-15)8-9-20(14)24-21(28)17-5-3-7-19(12-17)27-13-23-25-26-27/h2-13H,1H3,(H,24,28). The zero-order valence-corrected chi connectivity index (χ0v) is 15.8. The Labute approximate surface area is 166 Å². The van der Waals surface area contributed by atoms with E-state index < -0.39 is 0 Å². The van der Waals surface area contributed by atoms with Gasteiger partial charge in [-0.2, -0.15) is 0 Å². The number of hydrogen-bond acceptors (Lipinski definition) is 4. The molecular formula is C21H16ClN5O. The third kappa shape index (κ3) is 3.77. The van der Waals surface area contributed by atoms with Crippen LogP contribution in [0.15, 0.2) is 73.1 Å². The number of aryl methyl sites for hydroxylation is 1. The van der Waals surface area contributed by atoms with Crippen molar-refractivity contribution < 1.29 is 4.79 Å². The highest BCUT2D eigenvalue weighted by Crippen LogP contribution is 2.27. The number of halogens is 1. The van der Waals surface area contributed by atoms with Gasteiger partial charge in [0.1, 0.15) is 6.33 Å². The van der Waals surface area contributed by atoms with E-state index in [2.05, 4.69) is 20.8 Å². The van der Waals surface area contributed by atoms with Crippen molar-refractivity contribution in [2.75, 3.05) is 5.32 Å². The van der Waals surface area contributed by atoms with Crippen molar-refractivity contribution in [1.29, 1.82) is 0 Å². The highest BCUT2D eigenvalue weighted by Gasteiger charge is 2.10. The molecule has 7 heteroatoms. The van der Waals surface area contributed by atoms with Gasteiger partial charge in [0.05, 0.1) is 5.69 Å². The van der Waals surface area contributed by atoms with E-state index in [0.717, 1.165) is 22.4 Å². The van der Waals surface area contributed by atoms with E-state index in [9.17, 15) is 4.79 Å². The number of tetrazole rings is 1. The van der Waals surface area contributed by atoms with Crippen LogP contribution in [-0.2, 0) is 0 Å². The number of nitrogens with one attached hydrogen (secondary N) is 1. The van der Waals surface area contributed by atoms with Gasteiger partial charge in [0, 0.05) is 16.3 Å². The number of carbonyl (C=O) groups excluding carboxylic acids is 1. The van der Waals surface area contributed by atoms with Gasteiger partial charge in [-0.05, 0) is 76.5 Å². The molecule has 0 saturated carbocycles. The lowest BCUT2D eigenvalue weighted by atomic mass is 10.0. The van der Waals surface area contributed by atoms with Gasteiger partial charge in [0.25, 0.3) is 5.91 Å². The summed E-state index contributed by atoms with van der Waals surface area (Å²) in [6.45, 7) is 1.96. The SMILES string of the molecule is Cc1cc(-c2cccc(Cl)c2)ccc1NC(=O)c1cccc(-n2cnnn2)c1. The van der Waals surface area contributed by atoms with Crippen LogP contribution in [0.4, 0.5) is 5.69 Å². The van der Waals surface area contributed by atoms with Gasteiger partial charge in [0.2, 0.25) is 0 Å². The summed E-state index contributed by atoms with van der Waals surface area (Å²) in [6.07, 6.45) is 1.48. The number of anilines is 1. The van der Waals surface area contributed by atoms with Gasteiger partial charge in [-0.15, -0.1) is 5.10 Å². The Hall–Kier alpha value is -3.51. The minimum Gasteiger partial charge on any atom is -0.322 e. The van der Waals surface area contributed by atoms with E-state index >= 15 is 0 Å². The van der Waals surface area contributed by atoms with Crippen molar-refractivity contribution >= 4 is 23.2 Å². The van der Waals surface area contributed by atoms with Crippen molar-refractivity contribution in [1.82, 2.24) is 20.2 Å². The molecule has 4 aromatic rings. The predicted molar refractivity (Wildman–Crippen MR) is 109 cm³/mol. The number of rotatable bonds is 4. The molecule has 0 spiro atoms. The average molecular weight is 390 g/mol. The Balaban J connectivity index is 1.56. The van der Waals surface area contributed by atoms with Gasteiger partial charge in [-0.25, -0.2) is 4.68 Å². The summed E-state index contributed by atoms with van der Waals surface area (Å²) in [5, 5.41) is 14.7. The van der Waals surface area contributed by atoms with Crippen LogP contribution in [0.5, 0.6) is 0 Å². The molecule has 0 aliphatic rings. The minimum absolute atomic E-state index is 0.200. The summed E-state index contributed by atoms with van der Waals surface area (Å²) in [6, 6.07) is 20.7. The molecule has 0 atom stereocenters. The normalized spacial score (nSPS) is 10.6. The Morgan fingerprint density at radius 2 is 1.82 bits per heavy atom. The van der Waals surface area contributed by atoms with Gasteiger partial charge >= 0.3 is 0 Å². The number of amides is 1. The maximum atomic E-state index is 12.7. The Morgan fingerprint density at radius 1 is 1.00 bits per heavy atom. The monoisotopic (exact) mass is 389 g/mol. The smallest absolute Gasteiger partial charge is 0.255 e. The number of carbonyl (C=O) groups is 1. The summed E-state index contributed by atoms with van der Waals surface area (Å²) in [7, 11) is 0. The van der Waals surface area contributed by atoms with Crippen LogP contribution in [0.1, 0.15) is 15.9 Å². The minimum atomic E-state index is -0.200. The first-order valence-corrected chi connectivity index (χ1v) is 8.99. The van der Waals surface area contributed by atoms with E-state index in [1.54, 1.807) is 18.2 Å². The molecule has 0 radical (unpaired) electrons. The molecule has 6 nitrogen and oxygen atoms in total. The van der Waals surface area contributed by atoms with E-state index in [-0.39, 0.29) is 5.91 Å². The average Bonchev–Trinajstić information content (AvgIpc) is 3.24. The van der Waals surface area contributed by atoms with Crippen LogP contribution >= 0.6 is 11.6 Å². The Kier molecular flexibility index (Phi) is 4.87. The molecule has 0 aliphatic carbocycles. The molecule has 1 amide bonds. The Bertz CT molecular complexity index is 1140. The molecule has 4 rings (SSSR count). The van der Waals surface area contributed by atoms with Crippen LogP contribution < -0.4 is 5.32 Å². The second-order valence-electron chi connectivity index (χ2n) is 6.30.